The minimum Gasteiger partial charge on any atom is -0.395 e. The molecule has 284 valence electrons. The van der Waals surface area contributed by atoms with E-state index in [1.165, 1.54) is 103 Å². The molecule has 0 saturated heterocycles. The molecule has 0 atom stereocenters. The highest BCUT2D eigenvalue weighted by Crippen LogP contribution is 2.13. The van der Waals surface area contributed by atoms with Crippen molar-refractivity contribution >= 4 is 17.7 Å². The molecule has 0 saturated carbocycles. The van der Waals surface area contributed by atoms with Crippen molar-refractivity contribution < 1.29 is 19.5 Å². The summed E-state index contributed by atoms with van der Waals surface area (Å²) in [6, 6.07) is 0. The quantitative estimate of drug-likeness (QED) is 0.0648. The predicted molar refractivity (Wildman–Crippen MR) is 203 cm³/mol. The van der Waals surface area contributed by atoms with Crippen LogP contribution in [-0.2, 0) is 14.4 Å². The van der Waals surface area contributed by atoms with E-state index in [0.29, 0.717) is 26.2 Å². The fraction of sp³-hybridized carbons (Fsp3) is 0.925. The van der Waals surface area contributed by atoms with Gasteiger partial charge in [0.15, 0.2) is 0 Å². The molecule has 0 spiro atoms. The number of aliphatic hydroxyl groups is 1. The van der Waals surface area contributed by atoms with E-state index >= 15 is 0 Å². The molecule has 0 aromatic carbocycles. The number of amides is 3. The first-order chi connectivity index (χ1) is 23.4. The first-order valence-electron chi connectivity index (χ1n) is 20.6. The van der Waals surface area contributed by atoms with Gasteiger partial charge in [0.2, 0.25) is 17.7 Å². The average molecular weight is 681 g/mol. The SMILES string of the molecule is CCCCCCCCCCN(CC)C(=O)CN(CCCCCCCCCC)C(=O)CN(CCCCCCCCCC)C(=O)CNCCO. The Labute approximate surface area is 297 Å². The maximum atomic E-state index is 13.8. The van der Waals surface area contributed by atoms with Gasteiger partial charge in [0.25, 0.3) is 0 Å². The van der Waals surface area contributed by atoms with Gasteiger partial charge >= 0.3 is 0 Å². The third kappa shape index (κ3) is 27.2. The van der Waals surface area contributed by atoms with E-state index in [1.807, 2.05) is 11.8 Å². The van der Waals surface area contributed by atoms with Crippen molar-refractivity contribution in [2.24, 2.45) is 0 Å². The van der Waals surface area contributed by atoms with Gasteiger partial charge in [0, 0.05) is 32.7 Å². The predicted octanol–water partition coefficient (Wildman–Crippen LogP) is 8.50. The van der Waals surface area contributed by atoms with Crippen LogP contribution in [0.3, 0.4) is 0 Å². The van der Waals surface area contributed by atoms with Crippen LogP contribution in [0.4, 0.5) is 0 Å². The van der Waals surface area contributed by atoms with Crippen molar-refractivity contribution in [2.75, 3.05) is 59.0 Å². The highest BCUT2D eigenvalue weighted by atomic mass is 16.3. The molecular formula is C40H80N4O4. The molecule has 0 radical (unpaired) electrons. The molecule has 0 aliphatic heterocycles. The second-order valence-corrected chi connectivity index (χ2v) is 13.9. The monoisotopic (exact) mass is 681 g/mol. The third-order valence-corrected chi connectivity index (χ3v) is 9.50. The lowest BCUT2D eigenvalue weighted by Crippen LogP contribution is -2.49. The van der Waals surface area contributed by atoms with Crippen LogP contribution >= 0.6 is 0 Å². The van der Waals surface area contributed by atoms with Crippen LogP contribution in [0.2, 0.25) is 0 Å². The van der Waals surface area contributed by atoms with Crippen LogP contribution < -0.4 is 5.32 Å². The maximum Gasteiger partial charge on any atom is 0.242 e. The molecule has 48 heavy (non-hydrogen) atoms. The zero-order valence-electron chi connectivity index (χ0n) is 32.3. The lowest BCUT2D eigenvalue weighted by atomic mass is 10.1. The van der Waals surface area contributed by atoms with Gasteiger partial charge in [0.05, 0.1) is 26.2 Å². The number of nitrogens with one attached hydrogen (secondary N) is 1. The van der Waals surface area contributed by atoms with Crippen LogP contribution in [0.25, 0.3) is 0 Å². The number of hydrogen-bond acceptors (Lipinski definition) is 5. The highest BCUT2D eigenvalue weighted by molar-refractivity contribution is 5.88. The van der Waals surface area contributed by atoms with Crippen molar-refractivity contribution in [3.05, 3.63) is 0 Å². The zero-order chi connectivity index (χ0) is 35.5. The molecule has 0 heterocycles. The molecule has 0 aromatic rings. The topological polar surface area (TPSA) is 93.2 Å². The first-order valence-corrected chi connectivity index (χ1v) is 20.6. The Morgan fingerprint density at radius 1 is 0.438 bits per heavy atom. The molecule has 0 unspecified atom stereocenters. The molecular weight excluding hydrogens is 600 g/mol. The summed E-state index contributed by atoms with van der Waals surface area (Å²) in [5.74, 6) is -0.244. The summed E-state index contributed by atoms with van der Waals surface area (Å²) in [7, 11) is 0. The minimum atomic E-state index is -0.135. The van der Waals surface area contributed by atoms with Crippen molar-refractivity contribution in [1.82, 2.24) is 20.0 Å². The largest absolute Gasteiger partial charge is 0.395 e. The molecule has 8 nitrogen and oxygen atoms in total. The maximum absolute atomic E-state index is 13.8. The van der Waals surface area contributed by atoms with Gasteiger partial charge in [-0.05, 0) is 26.2 Å². The standard InChI is InChI=1S/C40H80N4O4/c1-5-9-12-15-18-21-24-27-31-42(8-4)39(47)36-44(33-29-26-23-20-17-14-11-7-3)40(48)37-43(38(46)35-41-30-34-45)32-28-25-22-19-16-13-10-6-2/h41,45H,5-37H2,1-4H3. The molecule has 8 heteroatoms. The van der Waals surface area contributed by atoms with E-state index in [0.717, 1.165) is 57.9 Å². The van der Waals surface area contributed by atoms with E-state index in [1.54, 1.807) is 9.80 Å². The normalized spacial score (nSPS) is 11.2. The molecule has 0 fully saturated rings. The van der Waals surface area contributed by atoms with Crippen LogP contribution in [0.5, 0.6) is 0 Å². The van der Waals surface area contributed by atoms with Gasteiger partial charge in [-0.25, -0.2) is 0 Å². The molecule has 0 aliphatic rings. The molecule has 0 aliphatic carbocycles. The summed E-state index contributed by atoms with van der Waals surface area (Å²) < 4.78 is 0. The average Bonchev–Trinajstić information content (AvgIpc) is 3.08. The minimum absolute atomic E-state index is 0.00456. The van der Waals surface area contributed by atoms with E-state index < -0.39 is 0 Å². The lowest BCUT2D eigenvalue weighted by molar-refractivity contribution is -0.144. The molecule has 0 aromatic heterocycles. The second kappa shape index (κ2) is 35.2. The summed E-state index contributed by atoms with van der Waals surface area (Å²) in [6.45, 7) is 11.7. The fourth-order valence-corrected chi connectivity index (χ4v) is 6.27. The number of likely N-dealkylation sites (N-methyl/N-ethyl adjacent to an activating group) is 1. The van der Waals surface area contributed by atoms with E-state index in [9.17, 15) is 19.5 Å². The number of nitrogens with zero attached hydrogens (tertiary/aromatic N) is 3. The Hall–Kier alpha value is -1.67. The summed E-state index contributed by atoms with van der Waals surface area (Å²) in [5, 5.41) is 12.2. The summed E-state index contributed by atoms with van der Waals surface area (Å²) in [6.07, 6.45) is 28.6. The number of carbonyl (C=O) groups is 3. The smallest absolute Gasteiger partial charge is 0.242 e. The first kappa shape index (κ1) is 46.3. The lowest BCUT2D eigenvalue weighted by Gasteiger charge is -2.30. The molecule has 0 bridgehead atoms. The molecule has 0 rings (SSSR count). The molecule has 2 N–H and O–H groups in total. The van der Waals surface area contributed by atoms with Crippen LogP contribution in [0.15, 0.2) is 0 Å². The number of aliphatic hydroxyl groups excluding tert-OH is 1. The van der Waals surface area contributed by atoms with Crippen molar-refractivity contribution in [2.45, 2.75) is 182 Å². The third-order valence-electron chi connectivity index (χ3n) is 9.50. The second-order valence-electron chi connectivity index (χ2n) is 13.9. The Balaban J connectivity index is 5.26. The van der Waals surface area contributed by atoms with Crippen molar-refractivity contribution in [3.8, 4) is 0 Å². The van der Waals surface area contributed by atoms with Crippen molar-refractivity contribution in [1.29, 1.82) is 0 Å². The van der Waals surface area contributed by atoms with E-state index in [2.05, 4.69) is 26.1 Å². The van der Waals surface area contributed by atoms with Gasteiger partial charge in [-0.2, -0.15) is 0 Å². The summed E-state index contributed by atoms with van der Waals surface area (Å²) in [4.78, 5) is 45.8. The number of rotatable bonds is 36. The summed E-state index contributed by atoms with van der Waals surface area (Å²) in [5.41, 5.74) is 0. The Bertz CT molecular complexity index is 751. The van der Waals surface area contributed by atoms with Crippen LogP contribution in [-0.4, -0.2) is 96.5 Å². The van der Waals surface area contributed by atoms with Gasteiger partial charge in [-0.15, -0.1) is 0 Å². The highest BCUT2D eigenvalue weighted by Gasteiger charge is 2.24. The number of unbranched alkanes of at least 4 members (excludes halogenated alkanes) is 21. The van der Waals surface area contributed by atoms with Crippen molar-refractivity contribution in [3.63, 3.8) is 0 Å². The molecule has 3 amide bonds. The Morgan fingerprint density at radius 2 is 0.750 bits per heavy atom. The van der Waals surface area contributed by atoms with Gasteiger partial charge in [-0.1, -0.05) is 156 Å². The number of hydrogen-bond donors (Lipinski definition) is 2. The van der Waals surface area contributed by atoms with Gasteiger partial charge in [0.1, 0.15) is 0 Å². The fourth-order valence-electron chi connectivity index (χ4n) is 6.27. The van der Waals surface area contributed by atoms with Gasteiger partial charge < -0.3 is 25.1 Å². The van der Waals surface area contributed by atoms with E-state index in [4.69, 9.17) is 0 Å². The van der Waals surface area contributed by atoms with Crippen LogP contribution in [0, 0.1) is 0 Å². The Morgan fingerprint density at radius 3 is 1.10 bits per heavy atom. The Kier molecular flexibility index (Phi) is 33.9. The zero-order valence-corrected chi connectivity index (χ0v) is 32.3. The van der Waals surface area contributed by atoms with Gasteiger partial charge in [-0.3, -0.25) is 14.4 Å². The van der Waals surface area contributed by atoms with Crippen LogP contribution in [0.1, 0.15) is 182 Å². The number of carbonyl (C=O) groups excluding carboxylic acids is 3. The van der Waals surface area contributed by atoms with E-state index in [-0.39, 0.29) is 44.0 Å². The summed E-state index contributed by atoms with van der Waals surface area (Å²) >= 11 is 0.